The molecule has 0 amide bonds. The molecule has 100 valence electrons. The van der Waals surface area contributed by atoms with E-state index in [1.54, 1.807) is 6.07 Å². The van der Waals surface area contributed by atoms with Gasteiger partial charge in [0.15, 0.2) is 5.69 Å². The highest BCUT2D eigenvalue weighted by Crippen LogP contribution is 2.33. The van der Waals surface area contributed by atoms with Gasteiger partial charge in [-0.3, -0.25) is 0 Å². The van der Waals surface area contributed by atoms with Crippen molar-refractivity contribution in [3.63, 3.8) is 0 Å². The van der Waals surface area contributed by atoms with Gasteiger partial charge in [0.1, 0.15) is 10.8 Å². The predicted octanol–water partition coefficient (Wildman–Crippen LogP) is 4.44. The molecule has 0 bridgehead atoms. The Labute approximate surface area is 114 Å². The molecule has 0 aliphatic carbocycles. The maximum Gasteiger partial charge on any atom is 0.433 e. The molecule has 0 atom stereocenters. The summed E-state index contributed by atoms with van der Waals surface area (Å²) in [4.78, 5) is 7.19. The van der Waals surface area contributed by atoms with Crippen molar-refractivity contribution in [1.29, 1.82) is 0 Å². The van der Waals surface area contributed by atoms with E-state index in [2.05, 4.69) is 9.97 Å². The summed E-state index contributed by atoms with van der Waals surface area (Å²) in [6.07, 6.45) is -4.61. The average molecular weight is 309 g/mol. The van der Waals surface area contributed by atoms with Crippen LogP contribution in [0.2, 0.25) is 5.28 Å². The number of rotatable bonds is 2. The number of nitrogens with zero attached hydrogens (tertiary/aromatic N) is 2. The molecule has 0 radical (unpaired) electrons. The van der Waals surface area contributed by atoms with Crippen LogP contribution in [0.25, 0.3) is 0 Å². The molecule has 0 N–H and O–H groups in total. The van der Waals surface area contributed by atoms with Crippen LogP contribution in [0, 0.1) is 5.82 Å². The van der Waals surface area contributed by atoms with Crippen LogP contribution in [0.1, 0.15) is 5.69 Å². The first-order valence-corrected chi connectivity index (χ1v) is 6.09. The van der Waals surface area contributed by atoms with Gasteiger partial charge in [0.25, 0.3) is 0 Å². The summed E-state index contributed by atoms with van der Waals surface area (Å²) in [5.74, 6) is -0.485. The van der Waals surface area contributed by atoms with Crippen molar-refractivity contribution in [2.24, 2.45) is 0 Å². The smallest absolute Gasteiger partial charge is 0.213 e. The molecule has 0 aliphatic heterocycles. The van der Waals surface area contributed by atoms with Crippen LogP contribution in [-0.4, -0.2) is 9.97 Å². The quantitative estimate of drug-likeness (QED) is 0.466. The normalized spacial score (nSPS) is 11.6. The topological polar surface area (TPSA) is 25.8 Å². The highest BCUT2D eigenvalue weighted by Gasteiger charge is 2.33. The van der Waals surface area contributed by atoms with E-state index in [0.29, 0.717) is 4.90 Å². The Hall–Kier alpha value is -1.34. The molecule has 1 heterocycles. The molecule has 2 rings (SSSR count). The Morgan fingerprint density at radius 1 is 1.11 bits per heavy atom. The SMILES string of the molecule is Fc1cccc(Sc2cc(C(F)(F)F)nc(Cl)n2)c1. The lowest BCUT2D eigenvalue weighted by Crippen LogP contribution is -2.09. The third-order valence-corrected chi connectivity index (χ3v) is 3.06. The number of halogens is 5. The molecule has 2 nitrogen and oxygen atoms in total. The molecule has 0 unspecified atom stereocenters. The largest absolute Gasteiger partial charge is 0.433 e. The van der Waals surface area contributed by atoms with E-state index < -0.39 is 23.0 Å². The first-order chi connectivity index (χ1) is 8.84. The number of benzene rings is 1. The first kappa shape index (κ1) is 14.1. The average Bonchev–Trinajstić information content (AvgIpc) is 2.26. The molecular weight excluding hydrogens is 304 g/mol. The van der Waals surface area contributed by atoms with Crippen molar-refractivity contribution in [2.75, 3.05) is 0 Å². The zero-order valence-corrected chi connectivity index (χ0v) is 10.7. The zero-order chi connectivity index (χ0) is 14.0. The van der Waals surface area contributed by atoms with Crippen LogP contribution in [0.5, 0.6) is 0 Å². The Morgan fingerprint density at radius 2 is 1.84 bits per heavy atom. The number of hydrogen-bond acceptors (Lipinski definition) is 3. The highest BCUT2D eigenvalue weighted by atomic mass is 35.5. The lowest BCUT2D eigenvalue weighted by Gasteiger charge is -2.07. The minimum atomic E-state index is -4.61. The van der Waals surface area contributed by atoms with Crippen LogP contribution in [0.4, 0.5) is 17.6 Å². The molecule has 0 fully saturated rings. The lowest BCUT2D eigenvalue weighted by atomic mass is 10.4. The minimum absolute atomic E-state index is 0.00192. The maximum absolute atomic E-state index is 13.0. The second kappa shape index (κ2) is 5.34. The fraction of sp³-hybridized carbons (Fsp3) is 0.0909. The van der Waals surface area contributed by atoms with Gasteiger partial charge in [0, 0.05) is 11.0 Å². The lowest BCUT2D eigenvalue weighted by molar-refractivity contribution is -0.141. The van der Waals surface area contributed by atoms with Crippen molar-refractivity contribution in [3.8, 4) is 0 Å². The van der Waals surface area contributed by atoms with E-state index in [0.717, 1.165) is 17.8 Å². The predicted molar refractivity (Wildman–Crippen MR) is 62.6 cm³/mol. The first-order valence-electron chi connectivity index (χ1n) is 4.90. The van der Waals surface area contributed by atoms with Gasteiger partial charge in [-0.15, -0.1) is 0 Å². The second-order valence-electron chi connectivity index (χ2n) is 3.42. The molecule has 2 aromatic rings. The van der Waals surface area contributed by atoms with Gasteiger partial charge in [-0.05, 0) is 29.8 Å². The molecule has 19 heavy (non-hydrogen) atoms. The third kappa shape index (κ3) is 3.81. The summed E-state index contributed by atoms with van der Waals surface area (Å²) in [6.45, 7) is 0. The van der Waals surface area contributed by atoms with Crippen molar-refractivity contribution in [2.45, 2.75) is 16.1 Å². The summed E-state index contributed by atoms with van der Waals surface area (Å²) in [5.41, 5.74) is -1.13. The van der Waals surface area contributed by atoms with Crippen molar-refractivity contribution in [1.82, 2.24) is 9.97 Å². The van der Waals surface area contributed by atoms with E-state index >= 15 is 0 Å². The van der Waals surface area contributed by atoms with E-state index in [-0.39, 0.29) is 5.03 Å². The van der Waals surface area contributed by atoms with Gasteiger partial charge in [-0.25, -0.2) is 14.4 Å². The third-order valence-electron chi connectivity index (χ3n) is 1.98. The Balaban J connectivity index is 2.33. The number of alkyl halides is 3. The maximum atomic E-state index is 13.0. The standard InChI is InChI=1S/C11H5ClF4N2S/c12-10-17-8(11(14,15)16)5-9(18-10)19-7-3-1-2-6(13)4-7/h1-5H. The van der Waals surface area contributed by atoms with Gasteiger partial charge in [0.2, 0.25) is 5.28 Å². The van der Waals surface area contributed by atoms with Crippen LogP contribution in [0.15, 0.2) is 40.3 Å². The Bertz CT molecular complexity index is 603. The number of aromatic nitrogens is 2. The van der Waals surface area contributed by atoms with Crippen molar-refractivity contribution in [3.05, 3.63) is 47.1 Å². The van der Waals surface area contributed by atoms with Crippen LogP contribution >= 0.6 is 23.4 Å². The van der Waals surface area contributed by atoms with E-state index in [1.165, 1.54) is 18.2 Å². The van der Waals surface area contributed by atoms with Gasteiger partial charge >= 0.3 is 6.18 Å². The molecule has 0 aliphatic rings. The van der Waals surface area contributed by atoms with Crippen molar-refractivity contribution < 1.29 is 17.6 Å². The molecule has 0 saturated heterocycles. The molecule has 1 aromatic carbocycles. The summed E-state index contributed by atoms with van der Waals surface area (Å²) in [7, 11) is 0. The minimum Gasteiger partial charge on any atom is -0.213 e. The van der Waals surface area contributed by atoms with E-state index in [9.17, 15) is 17.6 Å². The summed E-state index contributed by atoms with van der Waals surface area (Å²) < 4.78 is 50.6. The summed E-state index contributed by atoms with van der Waals surface area (Å²) in [6, 6.07) is 6.19. The molecular formula is C11H5ClF4N2S. The van der Waals surface area contributed by atoms with Gasteiger partial charge in [0.05, 0.1) is 0 Å². The number of hydrogen-bond donors (Lipinski definition) is 0. The summed E-state index contributed by atoms with van der Waals surface area (Å²) in [5, 5.41) is -0.508. The van der Waals surface area contributed by atoms with Gasteiger partial charge in [-0.2, -0.15) is 13.2 Å². The zero-order valence-electron chi connectivity index (χ0n) is 9.08. The van der Waals surface area contributed by atoms with E-state index in [4.69, 9.17) is 11.6 Å². The van der Waals surface area contributed by atoms with E-state index in [1.807, 2.05) is 0 Å². The Kier molecular flexibility index (Phi) is 3.96. The molecule has 1 aromatic heterocycles. The highest BCUT2D eigenvalue weighted by molar-refractivity contribution is 7.99. The van der Waals surface area contributed by atoms with Gasteiger partial charge in [-0.1, -0.05) is 17.8 Å². The van der Waals surface area contributed by atoms with Crippen LogP contribution < -0.4 is 0 Å². The molecule has 0 spiro atoms. The van der Waals surface area contributed by atoms with Crippen LogP contribution in [0.3, 0.4) is 0 Å². The monoisotopic (exact) mass is 308 g/mol. The fourth-order valence-electron chi connectivity index (χ4n) is 1.25. The second-order valence-corrected chi connectivity index (χ2v) is 4.85. The molecule has 8 heteroatoms. The Morgan fingerprint density at radius 3 is 2.47 bits per heavy atom. The van der Waals surface area contributed by atoms with Crippen molar-refractivity contribution >= 4 is 23.4 Å². The fourth-order valence-corrected chi connectivity index (χ4v) is 2.34. The van der Waals surface area contributed by atoms with Crippen LogP contribution in [-0.2, 0) is 6.18 Å². The van der Waals surface area contributed by atoms with Gasteiger partial charge < -0.3 is 0 Å². The summed E-state index contributed by atoms with van der Waals surface area (Å²) >= 11 is 6.31. The molecule has 0 saturated carbocycles.